The molecule has 0 spiro atoms. The molecule has 0 atom stereocenters. The van der Waals surface area contributed by atoms with Crippen molar-refractivity contribution in [2.24, 2.45) is 0 Å². The van der Waals surface area contributed by atoms with Crippen LogP contribution >= 0.6 is 0 Å². The summed E-state index contributed by atoms with van der Waals surface area (Å²) in [5.41, 5.74) is 12.8. The molecule has 1 aromatic heterocycles. The standard InChI is InChI=1S/C55H37NO/c1-55(2)49-31-35(34-24-27-42-40-18-7-6-16-38(40)39-17-8-9-19-41(39)47(42)30-34)25-28-46(49)54-45-22-11-10-20-43(45)51(33-50(54)55)56(36-14-4-3-5-15-36)37-26-29-53-48(32-37)44-21-12-13-23-52(44)57-53/h3-33H,1-2H3. The molecule has 0 N–H and O–H groups in total. The Labute approximate surface area is 330 Å². The predicted molar refractivity (Wildman–Crippen MR) is 241 cm³/mol. The Morgan fingerprint density at radius 1 is 0.368 bits per heavy atom. The number of furan rings is 1. The summed E-state index contributed by atoms with van der Waals surface area (Å²) >= 11 is 0. The van der Waals surface area contributed by atoms with Gasteiger partial charge in [-0.05, 0) is 126 Å². The van der Waals surface area contributed by atoms with Crippen LogP contribution in [0.3, 0.4) is 0 Å². The van der Waals surface area contributed by atoms with Crippen molar-refractivity contribution in [3.05, 3.63) is 199 Å². The predicted octanol–water partition coefficient (Wildman–Crippen LogP) is 15.6. The summed E-state index contributed by atoms with van der Waals surface area (Å²) in [5, 5.41) is 12.5. The molecule has 0 saturated carbocycles. The minimum atomic E-state index is -0.244. The van der Waals surface area contributed by atoms with Crippen molar-refractivity contribution in [2.45, 2.75) is 19.3 Å². The fourth-order valence-corrected chi connectivity index (χ4v) is 9.87. The molecule has 0 fully saturated rings. The largest absolute Gasteiger partial charge is 0.456 e. The summed E-state index contributed by atoms with van der Waals surface area (Å²) in [6.07, 6.45) is 0. The lowest BCUT2D eigenvalue weighted by Gasteiger charge is -2.30. The van der Waals surface area contributed by atoms with Gasteiger partial charge in [-0.15, -0.1) is 0 Å². The molecule has 0 amide bonds. The number of benzene rings is 10. The molecule has 1 aliphatic rings. The fraction of sp³-hybridized carbons (Fsp3) is 0.0545. The van der Waals surface area contributed by atoms with Gasteiger partial charge in [0.15, 0.2) is 0 Å². The van der Waals surface area contributed by atoms with Gasteiger partial charge in [-0.1, -0.05) is 147 Å². The molecule has 0 bridgehead atoms. The smallest absolute Gasteiger partial charge is 0.135 e. The quantitative estimate of drug-likeness (QED) is 0.168. The average Bonchev–Trinajstić information content (AvgIpc) is 3.75. The van der Waals surface area contributed by atoms with Crippen molar-refractivity contribution in [1.82, 2.24) is 0 Å². The van der Waals surface area contributed by atoms with Crippen LogP contribution in [0.4, 0.5) is 17.1 Å². The second kappa shape index (κ2) is 11.9. The number of fused-ring (bicyclic) bond motifs is 14. The van der Waals surface area contributed by atoms with Gasteiger partial charge in [-0.25, -0.2) is 0 Å². The first kappa shape index (κ1) is 32.1. The first-order chi connectivity index (χ1) is 28.0. The van der Waals surface area contributed by atoms with Crippen molar-refractivity contribution >= 4 is 82.1 Å². The highest BCUT2D eigenvalue weighted by Crippen LogP contribution is 2.55. The molecule has 57 heavy (non-hydrogen) atoms. The van der Waals surface area contributed by atoms with Crippen LogP contribution in [-0.4, -0.2) is 0 Å². The van der Waals surface area contributed by atoms with Crippen LogP contribution in [0, 0.1) is 0 Å². The molecule has 0 aliphatic heterocycles. The number of anilines is 3. The van der Waals surface area contributed by atoms with E-state index in [1.165, 1.54) is 76.5 Å². The molecule has 1 heterocycles. The third kappa shape index (κ3) is 4.65. The summed E-state index contributed by atoms with van der Waals surface area (Å²) in [4.78, 5) is 2.43. The molecule has 0 radical (unpaired) electrons. The second-order valence-electron chi connectivity index (χ2n) is 16.1. The molecular formula is C55H37NO. The maximum atomic E-state index is 6.27. The summed E-state index contributed by atoms with van der Waals surface area (Å²) in [6.45, 7) is 4.80. The van der Waals surface area contributed by atoms with E-state index in [-0.39, 0.29) is 5.41 Å². The number of para-hydroxylation sites is 2. The minimum absolute atomic E-state index is 0.244. The van der Waals surface area contributed by atoms with E-state index in [1.807, 2.05) is 12.1 Å². The molecule has 0 unspecified atom stereocenters. The zero-order chi connectivity index (χ0) is 37.8. The van der Waals surface area contributed by atoms with Crippen LogP contribution in [0.15, 0.2) is 192 Å². The highest BCUT2D eigenvalue weighted by Gasteiger charge is 2.38. The van der Waals surface area contributed by atoms with Crippen LogP contribution in [0.2, 0.25) is 0 Å². The van der Waals surface area contributed by atoms with E-state index in [9.17, 15) is 0 Å². The van der Waals surface area contributed by atoms with Gasteiger partial charge in [-0.2, -0.15) is 0 Å². The molecule has 2 heteroatoms. The van der Waals surface area contributed by atoms with Gasteiger partial charge in [0.25, 0.3) is 0 Å². The second-order valence-corrected chi connectivity index (χ2v) is 16.1. The van der Waals surface area contributed by atoms with Crippen LogP contribution in [0.1, 0.15) is 25.0 Å². The molecule has 0 saturated heterocycles. The molecule has 12 rings (SSSR count). The maximum absolute atomic E-state index is 6.27. The Balaban J connectivity index is 1.05. The molecule has 2 nitrogen and oxygen atoms in total. The minimum Gasteiger partial charge on any atom is -0.456 e. The Morgan fingerprint density at radius 3 is 1.67 bits per heavy atom. The van der Waals surface area contributed by atoms with Crippen molar-refractivity contribution in [1.29, 1.82) is 0 Å². The van der Waals surface area contributed by atoms with Gasteiger partial charge >= 0.3 is 0 Å². The van der Waals surface area contributed by atoms with Crippen molar-refractivity contribution in [3.8, 4) is 22.3 Å². The highest BCUT2D eigenvalue weighted by molar-refractivity contribution is 6.25. The number of hydrogen-bond acceptors (Lipinski definition) is 2. The van der Waals surface area contributed by atoms with Crippen molar-refractivity contribution in [2.75, 3.05) is 4.90 Å². The summed E-state index contributed by atoms with van der Waals surface area (Å²) < 4.78 is 6.27. The van der Waals surface area contributed by atoms with E-state index in [4.69, 9.17) is 4.42 Å². The van der Waals surface area contributed by atoms with Crippen molar-refractivity contribution < 1.29 is 4.42 Å². The van der Waals surface area contributed by atoms with Gasteiger partial charge in [-0.3, -0.25) is 0 Å². The van der Waals surface area contributed by atoms with E-state index in [0.717, 1.165) is 39.0 Å². The van der Waals surface area contributed by atoms with Crippen LogP contribution in [-0.2, 0) is 5.41 Å². The summed E-state index contributed by atoms with van der Waals surface area (Å²) in [5.74, 6) is 0. The topological polar surface area (TPSA) is 16.4 Å². The molecule has 11 aromatic rings. The number of nitrogens with zero attached hydrogens (tertiary/aromatic N) is 1. The lowest BCUT2D eigenvalue weighted by molar-refractivity contribution is 0.661. The number of hydrogen-bond donors (Lipinski definition) is 0. The van der Waals surface area contributed by atoms with Gasteiger partial charge in [0, 0.05) is 32.9 Å². The van der Waals surface area contributed by atoms with Crippen LogP contribution < -0.4 is 4.90 Å². The van der Waals surface area contributed by atoms with Gasteiger partial charge in [0.05, 0.1) is 5.69 Å². The van der Waals surface area contributed by atoms with E-state index in [2.05, 4.69) is 195 Å². The zero-order valence-electron chi connectivity index (χ0n) is 31.8. The van der Waals surface area contributed by atoms with E-state index in [0.29, 0.717) is 0 Å². The van der Waals surface area contributed by atoms with Gasteiger partial charge in [0.1, 0.15) is 11.2 Å². The molecule has 10 aromatic carbocycles. The molecular weight excluding hydrogens is 691 g/mol. The maximum Gasteiger partial charge on any atom is 0.135 e. The Hall–Kier alpha value is -7.16. The SMILES string of the molecule is CC1(C)c2cc(-c3ccc4c5ccccc5c5ccccc5c4c3)ccc2-c2c1cc(N(c1ccccc1)c1ccc3oc4ccccc4c3c1)c1ccccc21. The average molecular weight is 728 g/mol. The van der Waals surface area contributed by atoms with Crippen molar-refractivity contribution in [3.63, 3.8) is 0 Å². The first-order valence-electron chi connectivity index (χ1n) is 19.8. The van der Waals surface area contributed by atoms with Gasteiger partial charge in [0.2, 0.25) is 0 Å². The van der Waals surface area contributed by atoms with E-state index >= 15 is 0 Å². The monoisotopic (exact) mass is 727 g/mol. The Morgan fingerprint density at radius 2 is 0.930 bits per heavy atom. The lowest BCUT2D eigenvalue weighted by Crippen LogP contribution is -2.17. The third-order valence-corrected chi connectivity index (χ3v) is 12.6. The number of rotatable bonds is 4. The summed E-state index contributed by atoms with van der Waals surface area (Å²) in [6, 6.07) is 69.0. The zero-order valence-corrected chi connectivity index (χ0v) is 31.8. The van der Waals surface area contributed by atoms with Crippen LogP contribution in [0.5, 0.6) is 0 Å². The third-order valence-electron chi connectivity index (χ3n) is 12.6. The molecule has 268 valence electrons. The Bertz CT molecular complexity index is 3410. The van der Waals surface area contributed by atoms with E-state index < -0.39 is 0 Å². The summed E-state index contributed by atoms with van der Waals surface area (Å²) in [7, 11) is 0. The van der Waals surface area contributed by atoms with E-state index in [1.54, 1.807) is 0 Å². The highest BCUT2D eigenvalue weighted by atomic mass is 16.3. The lowest BCUT2D eigenvalue weighted by atomic mass is 9.80. The Kier molecular flexibility index (Phi) is 6.72. The normalized spacial score (nSPS) is 13.2. The van der Waals surface area contributed by atoms with Crippen LogP contribution in [0.25, 0.3) is 87.3 Å². The fourth-order valence-electron chi connectivity index (χ4n) is 9.87. The molecule has 1 aliphatic carbocycles. The van der Waals surface area contributed by atoms with Gasteiger partial charge < -0.3 is 9.32 Å². The first-order valence-corrected chi connectivity index (χ1v) is 19.8.